The van der Waals surface area contributed by atoms with E-state index in [4.69, 9.17) is 37.4 Å². The molecule has 5 rings (SSSR count). The molecule has 9 nitrogen and oxygen atoms in total. The number of nitrogens with zero attached hydrogens (tertiary/aromatic N) is 4. The molecule has 11 heteroatoms. The summed E-state index contributed by atoms with van der Waals surface area (Å²) in [7, 11) is 0. The number of aromatic nitrogens is 4. The number of ether oxygens (including phenoxy) is 3. The Balaban J connectivity index is 1.25. The van der Waals surface area contributed by atoms with E-state index < -0.39 is 5.79 Å². The summed E-state index contributed by atoms with van der Waals surface area (Å²) in [4.78, 5) is 24.3. The second kappa shape index (κ2) is 11.5. The molecule has 1 saturated heterocycles. The van der Waals surface area contributed by atoms with Gasteiger partial charge >= 0.3 is 0 Å². The SMILES string of the molecule is CCC(=O)Nc1nccc(-c2ccc(OC[C@H]3CO[C@@](Cn4ccnc4)(c4ccc(Cl)cc4Cl)O3)cc2)n1. The highest BCUT2D eigenvalue weighted by molar-refractivity contribution is 6.35. The molecule has 1 fully saturated rings. The minimum atomic E-state index is -1.11. The van der Waals surface area contributed by atoms with Gasteiger partial charge in [-0.3, -0.25) is 10.1 Å². The van der Waals surface area contributed by atoms with Gasteiger partial charge in [0.25, 0.3) is 0 Å². The molecule has 1 aliphatic rings. The Labute approximate surface area is 229 Å². The molecule has 0 aliphatic carbocycles. The Morgan fingerprint density at radius 1 is 1.18 bits per heavy atom. The zero-order valence-electron chi connectivity index (χ0n) is 20.5. The molecule has 1 N–H and O–H groups in total. The first-order valence-electron chi connectivity index (χ1n) is 12.0. The first-order valence-corrected chi connectivity index (χ1v) is 12.8. The number of hydrogen-bond donors (Lipinski definition) is 1. The van der Waals surface area contributed by atoms with E-state index in [-0.39, 0.29) is 24.6 Å². The summed E-state index contributed by atoms with van der Waals surface area (Å²) in [6.07, 6.45) is 6.85. The van der Waals surface area contributed by atoms with Crippen LogP contribution in [0.3, 0.4) is 0 Å². The van der Waals surface area contributed by atoms with E-state index in [0.717, 1.165) is 5.56 Å². The van der Waals surface area contributed by atoms with Crippen molar-refractivity contribution in [1.29, 1.82) is 0 Å². The highest BCUT2D eigenvalue weighted by Crippen LogP contribution is 2.40. The van der Waals surface area contributed by atoms with Crippen molar-refractivity contribution in [3.8, 4) is 17.0 Å². The third-order valence-electron chi connectivity index (χ3n) is 5.96. The third kappa shape index (κ3) is 5.97. The summed E-state index contributed by atoms with van der Waals surface area (Å²) < 4.78 is 20.5. The second-order valence-electron chi connectivity index (χ2n) is 8.67. The van der Waals surface area contributed by atoms with Crippen molar-refractivity contribution in [3.05, 3.63) is 89.1 Å². The number of nitrogens with one attached hydrogen (secondary N) is 1. The first kappa shape index (κ1) is 26.1. The highest BCUT2D eigenvalue weighted by atomic mass is 35.5. The van der Waals surface area contributed by atoms with E-state index in [1.54, 1.807) is 43.8 Å². The van der Waals surface area contributed by atoms with Crippen LogP contribution < -0.4 is 10.1 Å². The van der Waals surface area contributed by atoms with Crippen molar-refractivity contribution >= 4 is 35.1 Å². The molecule has 0 bridgehead atoms. The summed E-state index contributed by atoms with van der Waals surface area (Å²) in [5.74, 6) is -0.315. The van der Waals surface area contributed by atoms with Crippen molar-refractivity contribution < 1.29 is 19.0 Å². The van der Waals surface area contributed by atoms with E-state index in [1.807, 2.05) is 41.1 Å². The van der Waals surface area contributed by atoms with E-state index in [1.165, 1.54) is 0 Å². The zero-order valence-corrected chi connectivity index (χ0v) is 22.0. The van der Waals surface area contributed by atoms with Gasteiger partial charge in [0.1, 0.15) is 18.5 Å². The molecule has 0 radical (unpaired) electrons. The summed E-state index contributed by atoms with van der Waals surface area (Å²) >= 11 is 12.7. The Kier molecular flexibility index (Phi) is 7.90. The predicted octanol–water partition coefficient (Wildman–Crippen LogP) is 5.34. The number of imidazole rings is 1. The largest absolute Gasteiger partial charge is 0.491 e. The van der Waals surface area contributed by atoms with Gasteiger partial charge in [-0.05, 0) is 42.5 Å². The lowest BCUT2D eigenvalue weighted by Crippen LogP contribution is -2.34. The van der Waals surface area contributed by atoms with Crippen LogP contribution in [0.15, 0.2) is 73.4 Å². The molecule has 1 amide bonds. The number of amides is 1. The standard InChI is InChI=1S/C27H25Cl2N5O4/c1-2-25(35)33-26-31-10-9-24(32-26)18-3-6-20(7-4-18)36-14-21-15-37-27(38-21,16-34-12-11-30-17-34)22-8-5-19(28)13-23(22)29/h3-13,17,21H,2,14-16H2,1H3,(H,31,32,33,35)/t21-,27+/m0/s1. The average Bonchev–Trinajstić information content (AvgIpc) is 3.58. The maximum atomic E-state index is 11.6. The number of halogens is 2. The molecular weight excluding hydrogens is 529 g/mol. The minimum absolute atomic E-state index is 0.142. The Morgan fingerprint density at radius 3 is 2.76 bits per heavy atom. The van der Waals surface area contributed by atoms with Gasteiger partial charge in [0, 0.05) is 41.2 Å². The van der Waals surface area contributed by atoms with Crippen molar-refractivity contribution in [1.82, 2.24) is 19.5 Å². The fraction of sp³-hybridized carbons (Fsp3) is 0.259. The van der Waals surface area contributed by atoms with Crippen LogP contribution in [0.1, 0.15) is 18.9 Å². The van der Waals surface area contributed by atoms with Crippen LogP contribution in [0.5, 0.6) is 5.75 Å². The molecule has 0 saturated carbocycles. The maximum Gasteiger partial charge on any atom is 0.229 e. The lowest BCUT2D eigenvalue weighted by Gasteiger charge is -2.30. The molecule has 2 atom stereocenters. The zero-order chi connectivity index (χ0) is 26.5. The third-order valence-corrected chi connectivity index (χ3v) is 6.51. The van der Waals surface area contributed by atoms with E-state index in [9.17, 15) is 4.79 Å². The van der Waals surface area contributed by atoms with Gasteiger partial charge in [-0.2, -0.15) is 0 Å². The fourth-order valence-corrected chi connectivity index (χ4v) is 4.63. The topological polar surface area (TPSA) is 100 Å². The second-order valence-corrected chi connectivity index (χ2v) is 9.51. The van der Waals surface area contributed by atoms with Gasteiger partial charge in [0.15, 0.2) is 0 Å². The van der Waals surface area contributed by atoms with E-state index >= 15 is 0 Å². The molecule has 38 heavy (non-hydrogen) atoms. The van der Waals surface area contributed by atoms with Crippen LogP contribution in [0, 0.1) is 0 Å². The Bertz CT molecular complexity index is 1400. The molecule has 2 aromatic carbocycles. The monoisotopic (exact) mass is 553 g/mol. The summed E-state index contributed by atoms with van der Waals surface area (Å²) in [6, 6.07) is 14.5. The van der Waals surface area contributed by atoms with Gasteiger partial charge in [0.05, 0.1) is 30.2 Å². The van der Waals surface area contributed by atoms with Crippen LogP contribution in [0.4, 0.5) is 5.95 Å². The predicted molar refractivity (Wildman–Crippen MR) is 143 cm³/mol. The summed E-state index contributed by atoms with van der Waals surface area (Å²) in [5, 5.41) is 3.66. The van der Waals surface area contributed by atoms with Crippen LogP contribution in [-0.2, 0) is 26.6 Å². The Hall–Kier alpha value is -3.50. The number of anilines is 1. The first-order chi connectivity index (χ1) is 18.4. The normalized spacial score (nSPS) is 18.9. The van der Waals surface area contributed by atoms with Gasteiger partial charge < -0.3 is 18.8 Å². The molecule has 2 aromatic heterocycles. The minimum Gasteiger partial charge on any atom is -0.491 e. The quantitative estimate of drug-likeness (QED) is 0.298. The Morgan fingerprint density at radius 2 is 2.03 bits per heavy atom. The molecule has 1 aliphatic heterocycles. The van der Waals surface area contributed by atoms with Gasteiger partial charge in [-0.15, -0.1) is 0 Å². The molecule has 196 valence electrons. The molecule has 0 unspecified atom stereocenters. The number of benzene rings is 2. The van der Waals surface area contributed by atoms with Crippen LogP contribution >= 0.6 is 23.2 Å². The van der Waals surface area contributed by atoms with Crippen LogP contribution in [0.2, 0.25) is 10.0 Å². The fourth-order valence-electron chi connectivity index (χ4n) is 4.08. The number of carbonyl (C=O) groups is 1. The van der Waals surface area contributed by atoms with Crippen molar-refractivity contribution in [2.24, 2.45) is 0 Å². The lowest BCUT2D eigenvalue weighted by atomic mass is 10.1. The lowest BCUT2D eigenvalue weighted by molar-refractivity contribution is -0.189. The molecular formula is C27H25Cl2N5O4. The van der Waals surface area contributed by atoms with Crippen molar-refractivity contribution in [2.75, 3.05) is 18.5 Å². The highest BCUT2D eigenvalue weighted by Gasteiger charge is 2.45. The van der Waals surface area contributed by atoms with Gasteiger partial charge in [0.2, 0.25) is 17.6 Å². The van der Waals surface area contributed by atoms with Gasteiger partial charge in [-0.25, -0.2) is 15.0 Å². The van der Waals surface area contributed by atoms with E-state index in [2.05, 4.69) is 20.3 Å². The number of hydrogen-bond acceptors (Lipinski definition) is 7. The maximum absolute atomic E-state index is 11.6. The molecule has 3 heterocycles. The van der Waals surface area contributed by atoms with Crippen LogP contribution in [0.25, 0.3) is 11.3 Å². The summed E-state index contributed by atoms with van der Waals surface area (Å²) in [5.41, 5.74) is 2.24. The summed E-state index contributed by atoms with van der Waals surface area (Å²) in [6.45, 7) is 2.72. The smallest absolute Gasteiger partial charge is 0.229 e. The molecule has 4 aromatic rings. The average molecular weight is 554 g/mol. The van der Waals surface area contributed by atoms with Crippen LogP contribution in [-0.4, -0.2) is 44.7 Å². The number of carbonyl (C=O) groups excluding carboxylic acids is 1. The van der Waals surface area contributed by atoms with E-state index in [0.29, 0.717) is 46.6 Å². The van der Waals surface area contributed by atoms with Crippen molar-refractivity contribution in [3.63, 3.8) is 0 Å². The molecule has 0 spiro atoms. The van der Waals surface area contributed by atoms with Gasteiger partial charge in [-0.1, -0.05) is 36.2 Å². The number of rotatable bonds is 9. The van der Waals surface area contributed by atoms with Crippen molar-refractivity contribution in [2.45, 2.75) is 31.8 Å².